The molecule has 10 heteroatoms. The molecule has 9 nitrogen and oxygen atoms in total. The number of anilines is 3. The van der Waals surface area contributed by atoms with Crippen molar-refractivity contribution in [3.05, 3.63) is 35.1 Å². The van der Waals surface area contributed by atoms with Crippen molar-refractivity contribution in [1.82, 2.24) is 20.3 Å². The standard InChI is InChI=1S/C19H24ClN7O2/c20-14-5-1-2-6-15(14)22-19(28)21-13-16-23-17(26-7-3-4-8-26)25-18(24-16)27-9-11-29-12-10-27/h1-2,5-6H,3-4,7-13H2,(H2,21,22,28). The second-order valence-corrected chi connectivity index (χ2v) is 7.34. The van der Waals surface area contributed by atoms with E-state index in [1.54, 1.807) is 12.1 Å². The van der Waals surface area contributed by atoms with E-state index in [-0.39, 0.29) is 12.6 Å². The van der Waals surface area contributed by atoms with E-state index in [0.29, 0.717) is 41.6 Å². The van der Waals surface area contributed by atoms with E-state index >= 15 is 0 Å². The number of benzene rings is 1. The van der Waals surface area contributed by atoms with Gasteiger partial charge in [-0.2, -0.15) is 15.0 Å². The van der Waals surface area contributed by atoms with Crippen LogP contribution in [0.5, 0.6) is 0 Å². The highest BCUT2D eigenvalue weighted by atomic mass is 35.5. The average Bonchev–Trinajstić information content (AvgIpc) is 3.29. The van der Waals surface area contributed by atoms with E-state index in [1.807, 2.05) is 12.1 Å². The van der Waals surface area contributed by atoms with Gasteiger partial charge in [0.15, 0.2) is 5.82 Å². The summed E-state index contributed by atoms with van der Waals surface area (Å²) in [7, 11) is 0. The Hall–Kier alpha value is -2.65. The molecule has 0 saturated carbocycles. The number of urea groups is 1. The number of hydrogen-bond acceptors (Lipinski definition) is 7. The molecule has 1 aromatic heterocycles. The highest BCUT2D eigenvalue weighted by Crippen LogP contribution is 2.21. The predicted octanol–water partition coefficient (Wildman–Crippen LogP) is 2.28. The molecule has 0 radical (unpaired) electrons. The quantitative estimate of drug-likeness (QED) is 0.770. The maximum absolute atomic E-state index is 12.3. The van der Waals surface area contributed by atoms with Crippen LogP contribution >= 0.6 is 11.6 Å². The Balaban J connectivity index is 1.47. The molecule has 2 fully saturated rings. The summed E-state index contributed by atoms with van der Waals surface area (Å²) in [5.74, 6) is 1.83. The summed E-state index contributed by atoms with van der Waals surface area (Å²) in [6, 6.07) is 6.72. The van der Waals surface area contributed by atoms with Crippen molar-refractivity contribution < 1.29 is 9.53 Å². The zero-order valence-electron chi connectivity index (χ0n) is 16.1. The summed E-state index contributed by atoms with van der Waals surface area (Å²) in [5, 5.41) is 6.02. The molecule has 2 aliphatic heterocycles. The summed E-state index contributed by atoms with van der Waals surface area (Å²) in [6.07, 6.45) is 2.26. The summed E-state index contributed by atoms with van der Waals surface area (Å²) in [6.45, 7) is 4.85. The third-order valence-electron chi connectivity index (χ3n) is 4.87. The minimum absolute atomic E-state index is 0.191. The minimum Gasteiger partial charge on any atom is -0.378 e. The van der Waals surface area contributed by atoms with Crippen molar-refractivity contribution in [2.45, 2.75) is 19.4 Å². The largest absolute Gasteiger partial charge is 0.378 e. The zero-order chi connectivity index (χ0) is 20.1. The van der Waals surface area contributed by atoms with Crippen molar-refractivity contribution in [2.24, 2.45) is 0 Å². The smallest absolute Gasteiger partial charge is 0.319 e. The number of carbonyl (C=O) groups is 1. The van der Waals surface area contributed by atoms with Gasteiger partial charge in [0, 0.05) is 26.2 Å². The zero-order valence-corrected chi connectivity index (χ0v) is 16.9. The second kappa shape index (κ2) is 9.23. The molecular formula is C19H24ClN7O2. The first-order valence-electron chi connectivity index (χ1n) is 9.81. The number of rotatable bonds is 5. The highest BCUT2D eigenvalue weighted by Gasteiger charge is 2.21. The van der Waals surface area contributed by atoms with Gasteiger partial charge in [0.25, 0.3) is 0 Å². The molecule has 2 amide bonds. The van der Waals surface area contributed by atoms with Crippen LogP contribution < -0.4 is 20.4 Å². The number of para-hydroxylation sites is 1. The van der Waals surface area contributed by atoms with Crippen LogP contribution in [0.4, 0.5) is 22.4 Å². The molecule has 2 saturated heterocycles. The van der Waals surface area contributed by atoms with Crippen LogP contribution in [-0.2, 0) is 11.3 Å². The van der Waals surface area contributed by atoms with Crippen LogP contribution in [0.2, 0.25) is 5.02 Å². The Bertz CT molecular complexity index is 854. The lowest BCUT2D eigenvalue weighted by Gasteiger charge is -2.28. The average molecular weight is 418 g/mol. The molecule has 0 aliphatic carbocycles. The van der Waals surface area contributed by atoms with E-state index in [4.69, 9.17) is 16.3 Å². The van der Waals surface area contributed by atoms with Gasteiger partial charge in [0.1, 0.15) is 0 Å². The molecule has 3 heterocycles. The van der Waals surface area contributed by atoms with E-state index in [9.17, 15) is 4.79 Å². The van der Waals surface area contributed by atoms with Gasteiger partial charge in [-0.15, -0.1) is 0 Å². The van der Waals surface area contributed by atoms with E-state index in [0.717, 1.165) is 39.0 Å². The first-order valence-corrected chi connectivity index (χ1v) is 10.2. The molecule has 0 unspecified atom stereocenters. The summed E-state index contributed by atoms with van der Waals surface area (Å²) in [5.41, 5.74) is 0.550. The van der Waals surface area contributed by atoms with Crippen LogP contribution in [0.3, 0.4) is 0 Å². The first kappa shape index (κ1) is 19.7. The monoisotopic (exact) mass is 417 g/mol. The number of amides is 2. The third-order valence-corrected chi connectivity index (χ3v) is 5.20. The van der Waals surface area contributed by atoms with Crippen LogP contribution in [0, 0.1) is 0 Å². The fraction of sp³-hybridized carbons (Fsp3) is 0.474. The number of halogens is 1. The van der Waals surface area contributed by atoms with Gasteiger partial charge in [0.2, 0.25) is 11.9 Å². The number of aromatic nitrogens is 3. The fourth-order valence-corrected chi connectivity index (χ4v) is 3.51. The third kappa shape index (κ3) is 5.04. The lowest BCUT2D eigenvalue weighted by Crippen LogP contribution is -2.38. The van der Waals surface area contributed by atoms with Gasteiger partial charge in [0.05, 0.1) is 30.5 Å². The van der Waals surface area contributed by atoms with Crippen LogP contribution in [-0.4, -0.2) is 60.4 Å². The van der Waals surface area contributed by atoms with Gasteiger partial charge >= 0.3 is 6.03 Å². The molecule has 4 rings (SSSR count). The van der Waals surface area contributed by atoms with E-state index < -0.39 is 0 Å². The Kier molecular flexibility index (Phi) is 6.26. The lowest BCUT2D eigenvalue weighted by molar-refractivity contribution is 0.122. The van der Waals surface area contributed by atoms with Crippen molar-refractivity contribution in [2.75, 3.05) is 54.5 Å². The molecule has 0 bridgehead atoms. The summed E-state index contributed by atoms with van der Waals surface area (Å²) >= 11 is 6.09. The van der Waals surface area contributed by atoms with Crippen molar-refractivity contribution >= 4 is 35.2 Å². The number of nitrogens with zero attached hydrogens (tertiary/aromatic N) is 5. The number of ether oxygens (including phenoxy) is 1. The molecule has 2 aliphatic rings. The highest BCUT2D eigenvalue weighted by molar-refractivity contribution is 6.33. The molecule has 0 spiro atoms. The normalized spacial score (nSPS) is 16.7. The molecule has 0 atom stereocenters. The van der Waals surface area contributed by atoms with Crippen molar-refractivity contribution in [3.8, 4) is 0 Å². The Morgan fingerprint density at radius 1 is 1.00 bits per heavy atom. The Morgan fingerprint density at radius 3 is 2.34 bits per heavy atom. The van der Waals surface area contributed by atoms with Gasteiger partial charge in [-0.3, -0.25) is 0 Å². The molecular weight excluding hydrogens is 394 g/mol. The molecule has 1 aromatic carbocycles. The number of morpholine rings is 1. The lowest BCUT2D eigenvalue weighted by atomic mass is 10.3. The van der Waals surface area contributed by atoms with Crippen LogP contribution in [0.15, 0.2) is 24.3 Å². The van der Waals surface area contributed by atoms with Crippen molar-refractivity contribution in [1.29, 1.82) is 0 Å². The van der Waals surface area contributed by atoms with Crippen LogP contribution in [0.1, 0.15) is 18.7 Å². The fourth-order valence-electron chi connectivity index (χ4n) is 3.33. The molecule has 2 aromatic rings. The summed E-state index contributed by atoms with van der Waals surface area (Å²) in [4.78, 5) is 30.4. The second-order valence-electron chi connectivity index (χ2n) is 6.93. The molecule has 29 heavy (non-hydrogen) atoms. The SMILES string of the molecule is O=C(NCc1nc(N2CCCC2)nc(N2CCOCC2)n1)Nc1ccccc1Cl. The maximum atomic E-state index is 12.3. The predicted molar refractivity (Wildman–Crippen MR) is 112 cm³/mol. The Morgan fingerprint density at radius 2 is 1.66 bits per heavy atom. The Labute approximate surface area is 174 Å². The number of nitrogens with one attached hydrogen (secondary N) is 2. The van der Waals surface area contributed by atoms with Gasteiger partial charge in [-0.1, -0.05) is 23.7 Å². The first-order chi connectivity index (χ1) is 14.2. The topological polar surface area (TPSA) is 95.5 Å². The van der Waals surface area contributed by atoms with E-state index in [1.165, 1.54) is 0 Å². The molecule has 154 valence electrons. The van der Waals surface area contributed by atoms with Gasteiger partial charge < -0.3 is 25.2 Å². The molecule has 2 N–H and O–H groups in total. The van der Waals surface area contributed by atoms with Crippen molar-refractivity contribution in [3.63, 3.8) is 0 Å². The van der Waals surface area contributed by atoms with Gasteiger partial charge in [-0.05, 0) is 25.0 Å². The van der Waals surface area contributed by atoms with Crippen LogP contribution in [0.25, 0.3) is 0 Å². The number of hydrogen-bond donors (Lipinski definition) is 2. The number of carbonyl (C=O) groups excluding carboxylic acids is 1. The van der Waals surface area contributed by atoms with Gasteiger partial charge in [-0.25, -0.2) is 4.79 Å². The summed E-state index contributed by atoms with van der Waals surface area (Å²) < 4.78 is 5.43. The minimum atomic E-state index is -0.367. The van der Waals surface area contributed by atoms with E-state index in [2.05, 4.69) is 35.4 Å². The maximum Gasteiger partial charge on any atom is 0.319 e.